The molecule has 0 aliphatic carbocycles. The number of carbonyl (C=O) groups excluding carboxylic acids is 1. The minimum atomic E-state index is -0.0686. The first-order chi connectivity index (χ1) is 9.95. The number of hydrogen-bond acceptors (Lipinski definition) is 3. The first-order valence-corrected chi connectivity index (χ1v) is 7.30. The van der Waals surface area contributed by atoms with Crippen molar-refractivity contribution < 1.29 is 9.53 Å². The van der Waals surface area contributed by atoms with Crippen molar-refractivity contribution in [3.8, 4) is 5.75 Å². The zero-order chi connectivity index (χ0) is 15.4. The Morgan fingerprint density at radius 3 is 2.67 bits per heavy atom. The number of nitrogens with zero attached hydrogens (tertiary/aromatic N) is 1. The summed E-state index contributed by atoms with van der Waals surface area (Å²) in [4.78, 5) is 16.3. The average Bonchev–Trinajstić information content (AvgIpc) is 2.41. The summed E-state index contributed by atoms with van der Waals surface area (Å²) in [5.74, 6) is 0.513. The second-order valence-corrected chi connectivity index (χ2v) is 5.76. The Labute approximate surface area is 133 Å². The van der Waals surface area contributed by atoms with Crippen LogP contribution >= 0.6 is 23.2 Å². The van der Waals surface area contributed by atoms with Crippen LogP contribution in [0.2, 0.25) is 10.0 Å². The van der Waals surface area contributed by atoms with Crippen molar-refractivity contribution in [3.05, 3.63) is 57.8 Å². The zero-order valence-electron chi connectivity index (χ0n) is 11.8. The van der Waals surface area contributed by atoms with Crippen LogP contribution in [-0.2, 0) is 6.42 Å². The van der Waals surface area contributed by atoms with Crippen LogP contribution in [0.1, 0.15) is 29.8 Å². The fourth-order valence-corrected chi connectivity index (χ4v) is 2.32. The van der Waals surface area contributed by atoms with Crippen LogP contribution in [0.3, 0.4) is 0 Å². The van der Waals surface area contributed by atoms with Crippen LogP contribution in [0.15, 0.2) is 36.7 Å². The van der Waals surface area contributed by atoms with Crippen LogP contribution in [-0.4, -0.2) is 16.9 Å². The molecule has 1 aromatic carbocycles. The Hall–Kier alpha value is -1.58. The molecular weight excluding hydrogens is 309 g/mol. The summed E-state index contributed by atoms with van der Waals surface area (Å²) in [6, 6.07) is 6.79. The molecule has 0 fully saturated rings. The summed E-state index contributed by atoms with van der Waals surface area (Å²) >= 11 is 11.9. The molecule has 0 saturated heterocycles. The number of Topliss-reactive ketones (excluding diaryl/α,β-unsaturated/α-hetero) is 1. The van der Waals surface area contributed by atoms with Crippen molar-refractivity contribution in [2.24, 2.45) is 0 Å². The van der Waals surface area contributed by atoms with Crippen LogP contribution in [0.5, 0.6) is 5.75 Å². The Morgan fingerprint density at radius 2 is 2.00 bits per heavy atom. The van der Waals surface area contributed by atoms with E-state index in [0.717, 1.165) is 5.56 Å². The van der Waals surface area contributed by atoms with Crippen LogP contribution in [0.4, 0.5) is 0 Å². The lowest BCUT2D eigenvalue weighted by Gasteiger charge is -2.10. The Balaban J connectivity index is 2.16. The number of aromatic nitrogens is 1. The largest absolute Gasteiger partial charge is 0.489 e. The van der Waals surface area contributed by atoms with Gasteiger partial charge in [-0.1, -0.05) is 29.3 Å². The van der Waals surface area contributed by atoms with Gasteiger partial charge in [0.2, 0.25) is 0 Å². The van der Waals surface area contributed by atoms with Crippen molar-refractivity contribution >= 4 is 29.0 Å². The number of ketones is 1. The molecule has 1 heterocycles. The zero-order valence-corrected chi connectivity index (χ0v) is 13.3. The summed E-state index contributed by atoms with van der Waals surface area (Å²) in [7, 11) is 0. The Kier molecular flexibility index (Phi) is 5.21. The lowest BCUT2D eigenvalue weighted by atomic mass is 10.0. The third-order valence-electron chi connectivity index (χ3n) is 2.77. The van der Waals surface area contributed by atoms with Gasteiger partial charge < -0.3 is 4.74 Å². The molecule has 0 saturated carbocycles. The number of ether oxygens (including phenoxy) is 1. The van der Waals surface area contributed by atoms with Crippen LogP contribution in [0.25, 0.3) is 0 Å². The van der Waals surface area contributed by atoms with Crippen molar-refractivity contribution in [2.45, 2.75) is 26.4 Å². The monoisotopic (exact) mass is 323 g/mol. The van der Waals surface area contributed by atoms with Crippen molar-refractivity contribution in [2.75, 3.05) is 0 Å². The number of benzene rings is 1. The van der Waals surface area contributed by atoms with Gasteiger partial charge >= 0.3 is 0 Å². The smallest absolute Gasteiger partial charge is 0.168 e. The van der Waals surface area contributed by atoms with Gasteiger partial charge in [0.05, 0.1) is 12.3 Å². The molecule has 0 amide bonds. The maximum absolute atomic E-state index is 12.3. The minimum absolute atomic E-state index is 0.0304. The molecule has 110 valence electrons. The van der Waals surface area contributed by atoms with Crippen LogP contribution in [0, 0.1) is 0 Å². The molecule has 0 unspecified atom stereocenters. The predicted octanol–water partition coefficient (Wildman–Crippen LogP) is 4.60. The molecule has 0 atom stereocenters. The molecule has 0 N–H and O–H groups in total. The molecule has 0 radical (unpaired) electrons. The van der Waals surface area contributed by atoms with E-state index in [9.17, 15) is 4.79 Å². The standard InChI is InChI=1S/C16H15Cl2NO2/c1-10(2)21-14-5-12(8-19-9-14)16(20)6-11-3-4-13(17)7-15(11)18/h3-5,7-10H,6H2,1-2H3. The van der Waals surface area contributed by atoms with Crippen molar-refractivity contribution in [1.82, 2.24) is 4.98 Å². The molecular formula is C16H15Cl2NO2. The summed E-state index contributed by atoms with van der Waals surface area (Å²) in [6.45, 7) is 3.84. The lowest BCUT2D eigenvalue weighted by Crippen LogP contribution is -2.08. The first kappa shape index (κ1) is 15.8. The van der Waals surface area contributed by atoms with Crippen molar-refractivity contribution in [1.29, 1.82) is 0 Å². The molecule has 2 aromatic rings. The summed E-state index contributed by atoms with van der Waals surface area (Å²) in [6.07, 6.45) is 3.34. The minimum Gasteiger partial charge on any atom is -0.489 e. The van der Waals surface area contributed by atoms with E-state index in [2.05, 4.69) is 4.98 Å². The van der Waals surface area contributed by atoms with Gasteiger partial charge in [-0.2, -0.15) is 0 Å². The molecule has 21 heavy (non-hydrogen) atoms. The molecule has 0 aliphatic heterocycles. The molecule has 0 spiro atoms. The van der Waals surface area contributed by atoms with E-state index < -0.39 is 0 Å². The van der Waals surface area contributed by atoms with E-state index in [0.29, 0.717) is 21.4 Å². The second kappa shape index (κ2) is 6.92. The summed E-state index contributed by atoms with van der Waals surface area (Å²) in [5.41, 5.74) is 1.24. The van der Waals surface area contributed by atoms with E-state index in [-0.39, 0.29) is 18.3 Å². The number of halogens is 2. The topological polar surface area (TPSA) is 39.2 Å². The van der Waals surface area contributed by atoms with E-state index in [4.69, 9.17) is 27.9 Å². The SMILES string of the molecule is CC(C)Oc1cncc(C(=O)Cc2ccc(Cl)cc2Cl)c1. The van der Waals surface area contributed by atoms with Gasteiger partial charge in [-0.05, 0) is 37.6 Å². The molecule has 0 aliphatic rings. The summed E-state index contributed by atoms with van der Waals surface area (Å²) in [5, 5.41) is 1.03. The highest BCUT2D eigenvalue weighted by Crippen LogP contribution is 2.23. The van der Waals surface area contributed by atoms with Gasteiger partial charge in [-0.25, -0.2) is 0 Å². The quantitative estimate of drug-likeness (QED) is 0.755. The van der Waals surface area contributed by atoms with Gasteiger partial charge in [0.1, 0.15) is 5.75 Å². The van der Waals surface area contributed by atoms with Gasteiger partial charge in [0.15, 0.2) is 5.78 Å². The highest BCUT2D eigenvalue weighted by atomic mass is 35.5. The highest BCUT2D eigenvalue weighted by molar-refractivity contribution is 6.35. The normalized spacial score (nSPS) is 10.7. The Bertz CT molecular complexity index is 656. The van der Waals surface area contributed by atoms with E-state index >= 15 is 0 Å². The molecule has 5 heteroatoms. The Morgan fingerprint density at radius 1 is 1.24 bits per heavy atom. The molecule has 0 bridgehead atoms. The van der Waals surface area contributed by atoms with Gasteiger partial charge in [0, 0.05) is 28.2 Å². The predicted molar refractivity (Wildman–Crippen MR) is 84.5 cm³/mol. The van der Waals surface area contributed by atoms with Gasteiger partial charge in [-0.3, -0.25) is 9.78 Å². The van der Waals surface area contributed by atoms with E-state index in [1.165, 1.54) is 6.20 Å². The van der Waals surface area contributed by atoms with Crippen LogP contribution < -0.4 is 4.74 Å². The second-order valence-electron chi connectivity index (χ2n) is 4.91. The average molecular weight is 324 g/mol. The fourth-order valence-electron chi connectivity index (χ4n) is 1.85. The molecule has 2 rings (SSSR count). The highest BCUT2D eigenvalue weighted by Gasteiger charge is 2.12. The third kappa shape index (κ3) is 4.45. The number of carbonyl (C=O) groups is 1. The maximum Gasteiger partial charge on any atom is 0.168 e. The first-order valence-electron chi connectivity index (χ1n) is 6.54. The fraction of sp³-hybridized carbons (Fsp3) is 0.250. The maximum atomic E-state index is 12.3. The number of rotatable bonds is 5. The third-order valence-corrected chi connectivity index (χ3v) is 3.36. The van der Waals surface area contributed by atoms with Gasteiger partial charge in [-0.15, -0.1) is 0 Å². The number of pyridine rings is 1. The van der Waals surface area contributed by atoms with E-state index in [1.54, 1.807) is 30.5 Å². The lowest BCUT2D eigenvalue weighted by molar-refractivity contribution is 0.0992. The number of hydrogen-bond donors (Lipinski definition) is 0. The summed E-state index contributed by atoms with van der Waals surface area (Å²) < 4.78 is 5.54. The van der Waals surface area contributed by atoms with Gasteiger partial charge in [0.25, 0.3) is 0 Å². The van der Waals surface area contributed by atoms with E-state index in [1.807, 2.05) is 13.8 Å². The molecule has 3 nitrogen and oxygen atoms in total. The molecule has 1 aromatic heterocycles. The van der Waals surface area contributed by atoms with Crippen molar-refractivity contribution in [3.63, 3.8) is 0 Å².